The summed E-state index contributed by atoms with van der Waals surface area (Å²) in [6.45, 7) is 8.23. The van der Waals surface area contributed by atoms with E-state index in [1.54, 1.807) is 19.4 Å². The molecule has 0 aliphatic carbocycles. The number of ether oxygens (including phenoxy) is 2. The summed E-state index contributed by atoms with van der Waals surface area (Å²) < 4.78 is 38.9. The Morgan fingerprint density at radius 2 is 1.87 bits per heavy atom. The van der Waals surface area contributed by atoms with Gasteiger partial charge in [-0.1, -0.05) is 0 Å². The highest BCUT2D eigenvalue weighted by Gasteiger charge is 2.51. The lowest BCUT2D eigenvalue weighted by atomic mass is 9.79. The van der Waals surface area contributed by atoms with Crippen LogP contribution in [-0.2, 0) is 14.0 Å². The summed E-state index contributed by atoms with van der Waals surface area (Å²) in [4.78, 5) is 8.47. The lowest BCUT2D eigenvalue weighted by molar-refractivity contribution is 0.00578. The summed E-state index contributed by atoms with van der Waals surface area (Å²) >= 11 is 0. The second-order valence-electron chi connectivity index (χ2n) is 8.31. The van der Waals surface area contributed by atoms with Crippen LogP contribution in [0.3, 0.4) is 0 Å². The Labute approximate surface area is 175 Å². The first-order valence-corrected chi connectivity index (χ1v) is 9.80. The van der Waals surface area contributed by atoms with Crippen molar-refractivity contribution >= 4 is 18.2 Å². The molecule has 3 aromatic heterocycles. The number of nitrogens with zero attached hydrogens (tertiary/aromatic N) is 3. The van der Waals surface area contributed by atoms with Gasteiger partial charge in [0.2, 0.25) is 0 Å². The fraction of sp³-hybridized carbons (Fsp3) is 0.429. The first-order valence-electron chi connectivity index (χ1n) is 9.80. The third-order valence-corrected chi connectivity index (χ3v) is 5.77. The zero-order valence-corrected chi connectivity index (χ0v) is 17.8. The fourth-order valence-corrected chi connectivity index (χ4v) is 3.25. The molecule has 3 aromatic rings. The summed E-state index contributed by atoms with van der Waals surface area (Å²) in [5, 5.41) is 0. The Balaban J connectivity index is 1.60. The molecule has 0 amide bonds. The minimum Gasteiger partial charge on any atom is -0.475 e. The number of methoxy groups -OCH3 is 1. The van der Waals surface area contributed by atoms with Crippen molar-refractivity contribution in [3.63, 3.8) is 0 Å². The van der Waals surface area contributed by atoms with E-state index in [4.69, 9.17) is 18.8 Å². The van der Waals surface area contributed by atoms with Crippen LogP contribution in [0.5, 0.6) is 5.88 Å². The van der Waals surface area contributed by atoms with Crippen LogP contribution < -0.4 is 10.2 Å². The summed E-state index contributed by atoms with van der Waals surface area (Å²) in [5.41, 5.74) is 1.22. The van der Waals surface area contributed by atoms with E-state index in [0.29, 0.717) is 17.2 Å². The smallest absolute Gasteiger partial charge is 0.475 e. The zero-order chi connectivity index (χ0) is 21.5. The Kier molecular flexibility index (Phi) is 5.29. The molecular formula is C21H25BFN3O4. The molecule has 0 saturated carbocycles. The van der Waals surface area contributed by atoms with Gasteiger partial charge in [-0.3, -0.25) is 9.38 Å². The van der Waals surface area contributed by atoms with Crippen LogP contribution in [0.1, 0.15) is 39.5 Å². The molecule has 1 aliphatic heterocycles. The summed E-state index contributed by atoms with van der Waals surface area (Å²) in [6.07, 6.45) is 4.22. The van der Waals surface area contributed by atoms with Gasteiger partial charge in [-0.2, -0.15) is 0 Å². The molecule has 1 atom stereocenters. The first kappa shape index (κ1) is 20.8. The lowest BCUT2D eigenvalue weighted by Crippen LogP contribution is -2.41. The molecule has 4 rings (SSSR count). The summed E-state index contributed by atoms with van der Waals surface area (Å²) in [6, 6.07) is 6.73. The molecule has 0 spiro atoms. The average Bonchev–Trinajstić information content (AvgIpc) is 3.25. The Hall–Kier alpha value is -2.49. The Morgan fingerprint density at radius 1 is 1.13 bits per heavy atom. The van der Waals surface area contributed by atoms with E-state index < -0.39 is 30.2 Å². The molecule has 9 heteroatoms. The first-order chi connectivity index (χ1) is 14.2. The van der Waals surface area contributed by atoms with Crippen molar-refractivity contribution in [2.75, 3.05) is 13.7 Å². The van der Waals surface area contributed by atoms with Gasteiger partial charge in [0.25, 0.3) is 0 Å². The molecule has 1 fully saturated rings. The maximum atomic E-state index is 13.2. The molecule has 0 radical (unpaired) electrons. The van der Waals surface area contributed by atoms with Gasteiger partial charge < -0.3 is 18.8 Å². The molecular weight excluding hydrogens is 388 g/mol. The van der Waals surface area contributed by atoms with Gasteiger partial charge in [0.05, 0.1) is 23.1 Å². The SMILES string of the molecule is COC(COc1cc(B2OC(C)(C)C(C)(C)O2)cc2nccn12)c1ccc(F)cn1. The summed E-state index contributed by atoms with van der Waals surface area (Å²) in [7, 11) is 1.03. The van der Waals surface area contributed by atoms with Crippen LogP contribution in [0.2, 0.25) is 0 Å². The fourth-order valence-electron chi connectivity index (χ4n) is 3.25. The molecule has 158 valence electrons. The third kappa shape index (κ3) is 3.80. The average molecular weight is 413 g/mol. The molecule has 0 N–H and O–H groups in total. The van der Waals surface area contributed by atoms with Gasteiger partial charge in [-0.05, 0) is 57.4 Å². The second-order valence-corrected chi connectivity index (χ2v) is 8.31. The Morgan fingerprint density at radius 3 is 2.50 bits per heavy atom. The number of imidazole rings is 1. The van der Waals surface area contributed by atoms with Crippen molar-refractivity contribution in [3.05, 3.63) is 54.4 Å². The highest BCUT2D eigenvalue weighted by atomic mass is 19.1. The van der Waals surface area contributed by atoms with E-state index >= 15 is 0 Å². The maximum Gasteiger partial charge on any atom is 0.495 e. The molecule has 1 unspecified atom stereocenters. The van der Waals surface area contributed by atoms with E-state index in [1.165, 1.54) is 6.07 Å². The molecule has 1 aliphatic rings. The number of pyridine rings is 2. The number of halogens is 1. The van der Waals surface area contributed by atoms with Crippen LogP contribution in [0.15, 0.2) is 42.9 Å². The second kappa shape index (κ2) is 7.65. The number of aromatic nitrogens is 3. The van der Waals surface area contributed by atoms with Crippen molar-refractivity contribution in [3.8, 4) is 5.88 Å². The quantitative estimate of drug-likeness (QED) is 0.579. The Bertz CT molecular complexity index is 1020. The van der Waals surface area contributed by atoms with Crippen LogP contribution in [-0.4, -0.2) is 46.4 Å². The predicted octanol–water partition coefficient (Wildman–Crippen LogP) is 2.93. The van der Waals surface area contributed by atoms with Gasteiger partial charge in [-0.15, -0.1) is 0 Å². The molecule has 4 heterocycles. The monoisotopic (exact) mass is 413 g/mol. The van der Waals surface area contributed by atoms with Gasteiger partial charge in [0, 0.05) is 19.5 Å². The van der Waals surface area contributed by atoms with E-state index in [1.807, 2.05) is 50.4 Å². The highest BCUT2D eigenvalue weighted by molar-refractivity contribution is 6.62. The molecule has 0 aromatic carbocycles. The predicted molar refractivity (Wildman–Crippen MR) is 110 cm³/mol. The standard InChI is InChI=1S/C21H25BFN3O4/c1-20(2)21(3,4)30-22(29-20)14-10-18-24-8-9-26(18)19(11-14)28-13-17(27-5)16-7-6-15(23)12-25-16/h6-12,17H,13H2,1-5H3. The molecule has 30 heavy (non-hydrogen) atoms. The van der Waals surface area contributed by atoms with Crippen molar-refractivity contribution in [2.24, 2.45) is 0 Å². The largest absolute Gasteiger partial charge is 0.495 e. The lowest BCUT2D eigenvalue weighted by Gasteiger charge is -2.32. The molecule has 7 nitrogen and oxygen atoms in total. The third-order valence-electron chi connectivity index (χ3n) is 5.77. The topological polar surface area (TPSA) is 67.1 Å². The number of hydrogen-bond donors (Lipinski definition) is 0. The van der Waals surface area contributed by atoms with E-state index in [9.17, 15) is 4.39 Å². The molecule has 1 saturated heterocycles. The van der Waals surface area contributed by atoms with Crippen molar-refractivity contribution in [1.29, 1.82) is 0 Å². The van der Waals surface area contributed by atoms with Gasteiger partial charge >= 0.3 is 7.12 Å². The van der Waals surface area contributed by atoms with Crippen LogP contribution in [0, 0.1) is 5.82 Å². The number of hydrogen-bond acceptors (Lipinski definition) is 6. The molecule has 0 bridgehead atoms. The van der Waals surface area contributed by atoms with Gasteiger partial charge in [-0.25, -0.2) is 9.37 Å². The minimum atomic E-state index is -0.531. The van der Waals surface area contributed by atoms with E-state index in [2.05, 4.69) is 9.97 Å². The van der Waals surface area contributed by atoms with E-state index in [-0.39, 0.29) is 6.61 Å². The van der Waals surface area contributed by atoms with Crippen molar-refractivity contribution < 1.29 is 23.2 Å². The van der Waals surface area contributed by atoms with Crippen molar-refractivity contribution in [1.82, 2.24) is 14.4 Å². The zero-order valence-electron chi connectivity index (χ0n) is 17.8. The van der Waals surface area contributed by atoms with Crippen LogP contribution >= 0.6 is 0 Å². The summed E-state index contributed by atoms with van der Waals surface area (Å²) in [5.74, 6) is 0.170. The number of fused-ring (bicyclic) bond motifs is 1. The van der Waals surface area contributed by atoms with Gasteiger partial charge in [0.1, 0.15) is 24.2 Å². The van der Waals surface area contributed by atoms with Crippen LogP contribution in [0.4, 0.5) is 4.39 Å². The highest BCUT2D eigenvalue weighted by Crippen LogP contribution is 2.36. The maximum absolute atomic E-state index is 13.2. The normalized spacial score (nSPS) is 18.7. The van der Waals surface area contributed by atoms with Crippen LogP contribution in [0.25, 0.3) is 5.65 Å². The minimum absolute atomic E-state index is 0.190. The number of rotatable bonds is 6. The van der Waals surface area contributed by atoms with E-state index in [0.717, 1.165) is 11.7 Å². The van der Waals surface area contributed by atoms with Gasteiger partial charge in [0.15, 0.2) is 5.88 Å². The van der Waals surface area contributed by atoms with Crippen molar-refractivity contribution in [2.45, 2.75) is 45.0 Å².